The average molecular weight is 567 g/mol. The Morgan fingerprint density at radius 1 is 0.775 bits per heavy atom. The molecule has 0 spiro atoms. The Hall–Kier alpha value is -3.95. The van der Waals surface area contributed by atoms with Crippen molar-refractivity contribution in [3.63, 3.8) is 0 Å². The largest absolute Gasteiger partial charge is 0.504 e. The maximum absolute atomic E-state index is 13.5. The van der Waals surface area contributed by atoms with E-state index in [1.807, 2.05) is 0 Å². The van der Waals surface area contributed by atoms with Crippen molar-refractivity contribution in [3.8, 4) is 51.6 Å². The standard InChI is InChI=1S/C26H30O14/c1-33-11-7-12(34-2)13(39-26-22(32)21(31)18(28)16(9-27)40-26)6-10(11)23-25(37-5)20(30)17-14(38-23)8-15(35-3)24(36-4)19(17)29/h6-8,16,18,21-22,26-29,31-32H,9H2,1-5H3/t16-,18-,21-,22-,26-/m1/s1. The molecule has 1 aromatic heterocycles. The average Bonchev–Trinajstić information content (AvgIpc) is 2.96. The van der Waals surface area contributed by atoms with Crippen molar-refractivity contribution in [2.75, 3.05) is 42.2 Å². The third-order valence-corrected chi connectivity index (χ3v) is 6.49. The second-order valence-corrected chi connectivity index (χ2v) is 8.65. The normalized spacial score (nSPS) is 22.6. The van der Waals surface area contributed by atoms with Crippen LogP contribution in [0.1, 0.15) is 0 Å². The highest BCUT2D eigenvalue weighted by atomic mass is 16.7. The number of methoxy groups -OCH3 is 5. The first-order valence-electron chi connectivity index (χ1n) is 11.9. The lowest BCUT2D eigenvalue weighted by Crippen LogP contribution is -2.60. The molecular formula is C26H30O14. The van der Waals surface area contributed by atoms with Gasteiger partial charge in [0.1, 0.15) is 41.1 Å². The van der Waals surface area contributed by atoms with Gasteiger partial charge in [0.15, 0.2) is 28.8 Å². The van der Waals surface area contributed by atoms with E-state index in [2.05, 4.69) is 0 Å². The number of aliphatic hydroxyl groups excluding tert-OH is 4. The number of rotatable bonds is 9. The molecule has 1 aliphatic rings. The van der Waals surface area contributed by atoms with Gasteiger partial charge >= 0.3 is 0 Å². The van der Waals surface area contributed by atoms with Gasteiger partial charge in [-0.15, -0.1) is 0 Å². The number of hydrogen-bond donors (Lipinski definition) is 5. The molecule has 14 nitrogen and oxygen atoms in total. The van der Waals surface area contributed by atoms with Crippen LogP contribution in [0.2, 0.25) is 0 Å². The van der Waals surface area contributed by atoms with E-state index in [9.17, 15) is 30.3 Å². The predicted molar refractivity (Wildman–Crippen MR) is 137 cm³/mol. The Kier molecular flexibility index (Phi) is 8.46. The molecule has 2 heterocycles. The molecular weight excluding hydrogens is 536 g/mol. The van der Waals surface area contributed by atoms with Gasteiger partial charge in [-0.2, -0.15) is 0 Å². The second-order valence-electron chi connectivity index (χ2n) is 8.65. The highest BCUT2D eigenvalue weighted by Gasteiger charge is 2.45. The van der Waals surface area contributed by atoms with Crippen LogP contribution in [-0.4, -0.2) is 98.4 Å². The van der Waals surface area contributed by atoms with Crippen LogP contribution in [0, 0.1) is 0 Å². The number of phenolic OH excluding ortho intramolecular Hbond substituents is 1. The molecule has 0 bridgehead atoms. The van der Waals surface area contributed by atoms with Crippen LogP contribution >= 0.6 is 0 Å². The number of aliphatic hydroxyl groups is 4. The lowest BCUT2D eigenvalue weighted by molar-refractivity contribution is -0.277. The number of ether oxygens (including phenoxy) is 7. The zero-order chi connectivity index (χ0) is 29.3. The molecule has 4 rings (SSSR count). The van der Waals surface area contributed by atoms with Crippen LogP contribution in [0.15, 0.2) is 27.4 Å². The van der Waals surface area contributed by atoms with E-state index < -0.39 is 48.5 Å². The van der Waals surface area contributed by atoms with E-state index in [0.717, 1.165) is 0 Å². The highest BCUT2D eigenvalue weighted by molar-refractivity contribution is 5.92. The quantitative estimate of drug-likeness (QED) is 0.238. The van der Waals surface area contributed by atoms with Gasteiger partial charge < -0.3 is 63.1 Å². The smallest absolute Gasteiger partial charge is 0.239 e. The lowest BCUT2D eigenvalue weighted by atomic mass is 9.99. The topological polar surface area (TPSA) is 196 Å². The summed E-state index contributed by atoms with van der Waals surface area (Å²) >= 11 is 0. The summed E-state index contributed by atoms with van der Waals surface area (Å²) in [6, 6.07) is 4.12. The highest BCUT2D eigenvalue weighted by Crippen LogP contribution is 2.47. The van der Waals surface area contributed by atoms with E-state index in [1.54, 1.807) is 0 Å². The molecule has 0 aliphatic carbocycles. The molecule has 2 aromatic carbocycles. The van der Waals surface area contributed by atoms with Crippen LogP contribution in [0.5, 0.6) is 40.2 Å². The van der Waals surface area contributed by atoms with Gasteiger partial charge in [-0.1, -0.05) is 0 Å². The Morgan fingerprint density at radius 2 is 1.43 bits per heavy atom. The van der Waals surface area contributed by atoms with E-state index in [0.29, 0.717) is 0 Å². The molecule has 14 heteroatoms. The Bertz CT molecular complexity index is 1430. The van der Waals surface area contributed by atoms with Gasteiger partial charge in [-0.3, -0.25) is 4.79 Å². The maximum atomic E-state index is 13.5. The van der Waals surface area contributed by atoms with Crippen LogP contribution in [0.3, 0.4) is 0 Å². The Labute approximate surface area is 227 Å². The fourth-order valence-corrected chi connectivity index (χ4v) is 4.42. The molecule has 3 aromatic rings. The van der Waals surface area contributed by atoms with Gasteiger partial charge in [0.25, 0.3) is 0 Å². The first-order chi connectivity index (χ1) is 19.1. The van der Waals surface area contributed by atoms with Crippen LogP contribution in [0.4, 0.5) is 0 Å². The van der Waals surface area contributed by atoms with Crippen molar-refractivity contribution < 1.29 is 63.1 Å². The zero-order valence-corrected chi connectivity index (χ0v) is 22.2. The molecule has 218 valence electrons. The van der Waals surface area contributed by atoms with Crippen molar-refractivity contribution in [1.82, 2.24) is 0 Å². The number of phenols is 1. The molecule has 0 radical (unpaired) electrons. The summed E-state index contributed by atoms with van der Waals surface area (Å²) in [4.78, 5) is 13.5. The maximum Gasteiger partial charge on any atom is 0.239 e. The second kappa shape index (κ2) is 11.7. The molecule has 1 fully saturated rings. The Morgan fingerprint density at radius 3 is 2.00 bits per heavy atom. The van der Waals surface area contributed by atoms with Gasteiger partial charge in [0.2, 0.25) is 23.2 Å². The first-order valence-corrected chi connectivity index (χ1v) is 11.9. The van der Waals surface area contributed by atoms with Crippen molar-refractivity contribution in [3.05, 3.63) is 28.4 Å². The molecule has 0 amide bonds. The van der Waals surface area contributed by atoms with Crippen molar-refractivity contribution in [2.24, 2.45) is 0 Å². The third kappa shape index (κ3) is 4.80. The molecule has 1 saturated heterocycles. The summed E-state index contributed by atoms with van der Waals surface area (Å²) in [5.41, 5.74) is -0.662. The van der Waals surface area contributed by atoms with E-state index in [4.69, 9.17) is 37.6 Å². The number of hydrogen-bond acceptors (Lipinski definition) is 14. The minimum atomic E-state index is -1.70. The van der Waals surface area contributed by atoms with Crippen LogP contribution in [-0.2, 0) is 4.74 Å². The molecule has 40 heavy (non-hydrogen) atoms. The first kappa shape index (κ1) is 29.0. The van der Waals surface area contributed by atoms with Gasteiger partial charge in [0, 0.05) is 12.1 Å². The minimum Gasteiger partial charge on any atom is -0.504 e. The molecule has 5 atom stereocenters. The molecule has 5 N–H and O–H groups in total. The van der Waals surface area contributed by atoms with Gasteiger partial charge in [-0.05, 0) is 6.07 Å². The van der Waals surface area contributed by atoms with Gasteiger partial charge in [0.05, 0.1) is 47.7 Å². The van der Waals surface area contributed by atoms with E-state index in [-0.39, 0.29) is 56.8 Å². The lowest BCUT2D eigenvalue weighted by Gasteiger charge is -2.39. The van der Waals surface area contributed by atoms with Crippen molar-refractivity contribution in [1.29, 1.82) is 0 Å². The van der Waals surface area contributed by atoms with E-state index >= 15 is 0 Å². The summed E-state index contributed by atoms with van der Waals surface area (Å²) in [6.07, 6.45) is -7.73. The summed E-state index contributed by atoms with van der Waals surface area (Å²) in [6.45, 7) is -0.656. The third-order valence-electron chi connectivity index (χ3n) is 6.49. The monoisotopic (exact) mass is 566 g/mol. The van der Waals surface area contributed by atoms with Gasteiger partial charge in [-0.25, -0.2) is 0 Å². The molecule has 1 aliphatic heterocycles. The van der Waals surface area contributed by atoms with Crippen LogP contribution in [0.25, 0.3) is 22.3 Å². The molecule has 0 unspecified atom stereocenters. The Balaban J connectivity index is 1.92. The summed E-state index contributed by atoms with van der Waals surface area (Å²) in [5.74, 6) is -0.699. The number of benzene rings is 2. The SMILES string of the molecule is COc1cc(OC)c(-c2oc3cc(OC)c(OC)c(O)c3c(=O)c2OC)cc1O[C@@H]1O[C@H](CO)[C@@H](O)[C@@H](O)[C@H]1O. The number of aromatic hydroxyl groups is 1. The fourth-order valence-electron chi connectivity index (χ4n) is 4.42. The zero-order valence-electron chi connectivity index (χ0n) is 22.2. The summed E-state index contributed by atoms with van der Waals surface area (Å²) in [5, 5.41) is 50.7. The molecule has 0 saturated carbocycles. The fraction of sp³-hybridized carbons (Fsp3) is 0.423. The minimum absolute atomic E-state index is 0.0532. The van der Waals surface area contributed by atoms with Crippen LogP contribution < -0.4 is 33.8 Å². The van der Waals surface area contributed by atoms with Crippen molar-refractivity contribution >= 4 is 11.0 Å². The number of fused-ring (bicyclic) bond motifs is 1. The summed E-state index contributed by atoms with van der Waals surface area (Å²) in [7, 11) is 6.59. The van der Waals surface area contributed by atoms with E-state index in [1.165, 1.54) is 53.7 Å². The summed E-state index contributed by atoms with van der Waals surface area (Å²) < 4.78 is 44.0. The van der Waals surface area contributed by atoms with Crippen molar-refractivity contribution in [2.45, 2.75) is 30.7 Å². The predicted octanol–water partition coefficient (Wildman–Crippen LogP) is 0.387.